The summed E-state index contributed by atoms with van der Waals surface area (Å²) in [5.41, 5.74) is 0. The highest BCUT2D eigenvalue weighted by molar-refractivity contribution is 6.29. The first-order chi connectivity index (χ1) is 4.84. The van der Waals surface area contributed by atoms with Crippen LogP contribution in [0.15, 0.2) is 11.6 Å². The molecule has 0 aromatic carbocycles. The van der Waals surface area contributed by atoms with Crippen molar-refractivity contribution >= 4 is 17.6 Å². The predicted molar refractivity (Wildman–Crippen MR) is 32.0 cm³/mol. The minimum absolute atomic E-state index is 0.164. The van der Waals surface area contributed by atoms with E-state index >= 15 is 0 Å². The molecule has 0 bridgehead atoms. The Kier molecular flexibility index (Phi) is 3.38. The summed E-state index contributed by atoms with van der Waals surface area (Å²) in [5.74, 6) is -2.26. The molecule has 0 fully saturated rings. The number of rotatable bonds is 2. The van der Waals surface area contributed by atoms with Crippen molar-refractivity contribution in [2.45, 2.75) is 6.18 Å². The zero-order valence-corrected chi connectivity index (χ0v) is 6.00. The predicted octanol–water partition coefficient (Wildman–Crippen LogP) is 1.84. The molecule has 6 heteroatoms. The fourth-order valence-electron chi connectivity index (χ4n) is 0.226. The van der Waals surface area contributed by atoms with Crippen LogP contribution in [0, 0.1) is 0 Å². The second-order valence-corrected chi connectivity index (χ2v) is 2.13. The molecule has 0 N–H and O–H groups in total. The monoisotopic (exact) mass is 188 g/mol. The van der Waals surface area contributed by atoms with Crippen molar-refractivity contribution in [3.05, 3.63) is 11.6 Å². The van der Waals surface area contributed by atoms with Gasteiger partial charge in [-0.25, -0.2) is 4.79 Å². The Labute approximate surface area is 65.6 Å². The number of esters is 1. The van der Waals surface area contributed by atoms with Gasteiger partial charge in [0.05, 0.1) is 0 Å². The molecule has 11 heavy (non-hydrogen) atoms. The molecule has 0 spiro atoms. The van der Waals surface area contributed by atoms with E-state index in [1.54, 1.807) is 0 Å². The molecule has 2 nitrogen and oxygen atoms in total. The topological polar surface area (TPSA) is 26.3 Å². The molecule has 0 aliphatic heterocycles. The zero-order valence-electron chi connectivity index (χ0n) is 5.24. The van der Waals surface area contributed by atoms with Crippen LogP contribution in [0.25, 0.3) is 0 Å². The first-order valence-electron chi connectivity index (χ1n) is 2.41. The van der Waals surface area contributed by atoms with Gasteiger partial charge in [0.1, 0.15) is 6.61 Å². The van der Waals surface area contributed by atoms with E-state index in [4.69, 9.17) is 11.6 Å². The Hall–Kier alpha value is -0.710. The molecule has 0 unspecified atom stereocenters. The van der Waals surface area contributed by atoms with Gasteiger partial charge >= 0.3 is 12.1 Å². The maximum atomic E-state index is 11.4. The second-order valence-electron chi connectivity index (χ2n) is 1.59. The zero-order chi connectivity index (χ0) is 9.07. The van der Waals surface area contributed by atoms with Gasteiger partial charge in [0.25, 0.3) is 0 Å². The first-order valence-corrected chi connectivity index (χ1v) is 2.79. The average Bonchev–Trinajstić information content (AvgIpc) is 1.80. The van der Waals surface area contributed by atoms with Crippen molar-refractivity contribution in [1.82, 2.24) is 0 Å². The van der Waals surface area contributed by atoms with Crippen molar-refractivity contribution in [2.75, 3.05) is 6.61 Å². The van der Waals surface area contributed by atoms with Gasteiger partial charge in [0.15, 0.2) is 0 Å². The minimum Gasteiger partial charge on any atom is -0.453 e. The van der Waals surface area contributed by atoms with Gasteiger partial charge in [-0.3, -0.25) is 0 Å². The highest BCUT2D eigenvalue weighted by atomic mass is 35.5. The molecular weight excluding hydrogens is 184 g/mol. The smallest absolute Gasteiger partial charge is 0.453 e. The number of carbonyl (C=O) groups is 1. The number of ether oxygens (including phenoxy) is 1. The molecule has 0 aromatic heterocycles. The normalized spacial score (nSPS) is 10.9. The first kappa shape index (κ1) is 10.3. The molecule has 0 saturated carbocycles. The molecule has 0 amide bonds. The van der Waals surface area contributed by atoms with Crippen molar-refractivity contribution < 1.29 is 22.7 Å². The molecule has 0 heterocycles. The molecule has 0 radical (unpaired) electrons. The quantitative estimate of drug-likeness (QED) is 0.618. The Morgan fingerprint density at radius 2 is 2.00 bits per heavy atom. The van der Waals surface area contributed by atoms with Crippen molar-refractivity contribution in [1.29, 1.82) is 0 Å². The van der Waals surface area contributed by atoms with Crippen LogP contribution in [-0.2, 0) is 9.53 Å². The van der Waals surface area contributed by atoms with Gasteiger partial charge < -0.3 is 4.74 Å². The van der Waals surface area contributed by atoms with Crippen LogP contribution in [0.5, 0.6) is 0 Å². The Morgan fingerprint density at radius 3 is 2.27 bits per heavy atom. The van der Waals surface area contributed by atoms with Gasteiger partial charge in [-0.15, -0.1) is 0 Å². The van der Waals surface area contributed by atoms with E-state index in [-0.39, 0.29) is 5.03 Å². The van der Waals surface area contributed by atoms with E-state index in [1.807, 2.05) is 0 Å². The maximum Gasteiger partial charge on any atom is 0.490 e. The van der Waals surface area contributed by atoms with E-state index < -0.39 is 18.8 Å². The van der Waals surface area contributed by atoms with Crippen LogP contribution in [0.4, 0.5) is 13.2 Å². The van der Waals surface area contributed by atoms with Gasteiger partial charge in [-0.1, -0.05) is 18.2 Å². The van der Waals surface area contributed by atoms with Crippen LogP contribution in [0.2, 0.25) is 0 Å². The lowest BCUT2D eigenvalue weighted by Crippen LogP contribution is -2.25. The standard InChI is InChI=1S/C5H4ClF3O2/c1-3(6)2-11-4(10)5(7,8)9/h1-2H2. The number of alkyl halides is 3. The summed E-state index contributed by atoms with van der Waals surface area (Å²) < 4.78 is 37.7. The van der Waals surface area contributed by atoms with Gasteiger partial charge in [0, 0.05) is 5.03 Å². The molecule has 0 saturated heterocycles. The molecular formula is C5H4ClF3O2. The third kappa shape index (κ3) is 4.66. The number of hydrogen-bond donors (Lipinski definition) is 0. The molecule has 0 rings (SSSR count). The highest BCUT2D eigenvalue weighted by Crippen LogP contribution is 2.16. The molecule has 0 aliphatic carbocycles. The Balaban J connectivity index is 3.80. The minimum atomic E-state index is -4.97. The van der Waals surface area contributed by atoms with Crippen LogP contribution in [-0.4, -0.2) is 18.8 Å². The van der Waals surface area contributed by atoms with Gasteiger partial charge in [-0.2, -0.15) is 13.2 Å². The van der Waals surface area contributed by atoms with Gasteiger partial charge in [0.2, 0.25) is 0 Å². The van der Waals surface area contributed by atoms with Crippen LogP contribution < -0.4 is 0 Å². The maximum absolute atomic E-state index is 11.4. The van der Waals surface area contributed by atoms with E-state index in [0.29, 0.717) is 0 Å². The Bertz CT molecular complexity index is 175. The number of hydrogen-bond acceptors (Lipinski definition) is 2. The number of carbonyl (C=O) groups excluding carboxylic acids is 1. The largest absolute Gasteiger partial charge is 0.490 e. The summed E-state index contributed by atoms with van der Waals surface area (Å²) in [5, 5.41) is -0.164. The molecule has 64 valence electrons. The fourth-order valence-corrected chi connectivity index (χ4v) is 0.280. The summed E-state index contributed by atoms with van der Waals surface area (Å²) in [7, 11) is 0. The lowest BCUT2D eigenvalue weighted by molar-refractivity contribution is -0.198. The van der Waals surface area contributed by atoms with Crippen LogP contribution >= 0.6 is 11.6 Å². The SMILES string of the molecule is C=C(Cl)COC(=O)C(F)(F)F. The number of halogens is 4. The third-order valence-corrected chi connectivity index (χ3v) is 0.700. The summed E-state index contributed by atoms with van der Waals surface area (Å²) in [6, 6.07) is 0. The van der Waals surface area contributed by atoms with E-state index in [9.17, 15) is 18.0 Å². The molecule has 0 aromatic rings. The van der Waals surface area contributed by atoms with Crippen LogP contribution in [0.1, 0.15) is 0 Å². The third-order valence-electron chi connectivity index (χ3n) is 0.591. The lowest BCUT2D eigenvalue weighted by atomic mass is 10.6. The van der Waals surface area contributed by atoms with E-state index in [1.165, 1.54) is 0 Å². The molecule has 0 aliphatic rings. The molecule has 0 atom stereocenters. The van der Waals surface area contributed by atoms with Crippen molar-refractivity contribution in [3.63, 3.8) is 0 Å². The van der Waals surface area contributed by atoms with Crippen LogP contribution in [0.3, 0.4) is 0 Å². The lowest BCUT2D eigenvalue weighted by Gasteiger charge is -2.04. The van der Waals surface area contributed by atoms with E-state index in [0.717, 1.165) is 0 Å². The van der Waals surface area contributed by atoms with Crippen molar-refractivity contribution in [2.24, 2.45) is 0 Å². The second kappa shape index (κ2) is 3.61. The summed E-state index contributed by atoms with van der Waals surface area (Å²) in [4.78, 5) is 9.92. The van der Waals surface area contributed by atoms with Crippen molar-refractivity contribution in [3.8, 4) is 0 Å². The average molecular weight is 189 g/mol. The fraction of sp³-hybridized carbons (Fsp3) is 0.400. The summed E-state index contributed by atoms with van der Waals surface area (Å²) in [6.07, 6.45) is -4.97. The summed E-state index contributed by atoms with van der Waals surface area (Å²) in [6.45, 7) is 2.40. The highest BCUT2D eigenvalue weighted by Gasteiger charge is 2.40. The summed E-state index contributed by atoms with van der Waals surface area (Å²) >= 11 is 5.03. The van der Waals surface area contributed by atoms with E-state index in [2.05, 4.69) is 11.3 Å². The Morgan fingerprint density at radius 1 is 1.55 bits per heavy atom. The van der Waals surface area contributed by atoms with Gasteiger partial charge in [-0.05, 0) is 0 Å².